The summed E-state index contributed by atoms with van der Waals surface area (Å²) in [4.78, 5) is 13.8. The van der Waals surface area contributed by atoms with Gasteiger partial charge in [0.05, 0.1) is 17.7 Å². The van der Waals surface area contributed by atoms with Crippen molar-refractivity contribution in [3.8, 4) is 5.75 Å². The first-order valence-corrected chi connectivity index (χ1v) is 7.32. The lowest BCUT2D eigenvalue weighted by atomic mass is 10.0. The van der Waals surface area contributed by atoms with Crippen LogP contribution in [0.5, 0.6) is 5.75 Å². The molecule has 0 aliphatic carbocycles. The molecule has 1 aromatic carbocycles. The van der Waals surface area contributed by atoms with Gasteiger partial charge in [-0.3, -0.25) is 0 Å². The molecule has 5 nitrogen and oxygen atoms in total. The van der Waals surface area contributed by atoms with Crippen molar-refractivity contribution in [2.75, 3.05) is 18.5 Å². The third-order valence-electron chi connectivity index (χ3n) is 3.50. The van der Waals surface area contributed by atoms with Gasteiger partial charge in [-0.05, 0) is 31.4 Å². The van der Waals surface area contributed by atoms with Crippen LogP contribution in [0.2, 0.25) is 5.02 Å². The summed E-state index contributed by atoms with van der Waals surface area (Å²) in [6, 6.07) is 3.50. The predicted molar refractivity (Wildman–Crippen MR) is 78.5 cm³/mol. The molecule has 0 aromatic heterocycles. The first kappa shape index (κ1) is 16.8. The topological polar surface area (TPSA) is 61.8 Å². The van der Waals surface area contributed by atoms with Crippen LogP contribution in [0.4, 0.5) is 19.3 Å². The van der Waals surface area contributed by atoms with E-state index in [9.17, 15) is 18.7 Å². The Bertz CT molecular complexity index is 531. The van der Waals surface area contributed by atoms with Crippen molar-refractivity contribution in [3.05, 3.63) is 23.2 Å². The Labute approximate surface area is 131 Å². The average Bonchev–Trinajstić information content (AvgIpc) is 2.50. The molecule has 0 bridgehead atoms. The Kier molecular flexibility index (Phi) is 5.79. The normalized spacial score (nSPS) is 18.4. The van der Waals surface area contributed by atoms with Gasteiger partial charge in [0.2, 0.25) is 0 Å². The van der Waals surface area contributed by atoms with Gasteiger partial charge in [0.25, 0.3) is 0 Å². The fraction of sp³-hybridized carbons (Fsp3) is 0.500. The molecular weight excluding hydrogens is 318 g/mol. The highest BCUT2D eigenvalue weighted by Gasteiger charge is 2.26. The second-order valence-corrected chi connectivity index (χ2v) is 5.39. The third kappa shape index (κ3) is 4.20. The summed E-state index contributed by atoms with van der Waals surface area (Å²) in [7, 11) is 0. The zero-order valence-electron chi connectivity index (χ0n) is 11.8. The van der Waals surface area contributed by atoms with E-state index >= 15 is 0 Å². The molecule has 1 saturated heterocycles. The molecule has 1 heterocycles. The summed E-state index contributed by atoms with van der Waals surface area (Å²) >= 11 is 5.76. The molecule has 2 N–H and O–H groups in total. The van der Waals surface area contributed by atoms with Gasteiger partial charge in [0, 0.05) is 18.3 Å². The van der Waals surface area contributed by atoms with Crippen LogP contribution in [-0.4, -0.2) is 41.8 Å². The van der Waals surface area contributed by atoms with E-state index in [1.165, 1.54) is 18.2 Å². The fourth-order valence-corrected chi connectivity index (χ4v) is 2.58. The number of hydrogen-bond donors (Lipinski definition) is 2. The van der Waals surface area contributed by atoms with Crippen molar-refractivity contribution in [1.29, 1.82) is 0 Å². The van der Waals surface area contributed by atoms with E-state index in [-0.39, 0.29) is 29.5 Å². The monoisotopic (exact) mass is 334 g/mol. The van der Waals surface area contributed by atoms with Crippen LogP contribution in [-0.2, 0) is 0 Å². The number of nitrogens with zero attached hydrogens (tertiary/aromatic N) is 1. The van der Waals surface area contributed by atoms with Crippen LogP contribution in [0.3, 0.4) is 0 Å². The van der Waals surface area contributed by atoms with Gasteiger partial charge in [-0.1, -0.05) is 11.6 Å². The van der Waals surface area contributed by atoms with Crippen LogP contribution in [0, 0.1) is 0 Å². The lowest BCUT2D eigenvalue weighted by molar-refractivity contribution is -0.0497. The highest BCUT2D eigenvalue weighted by molar-refractivity contribution is 6.32. The minimum atomic E-state index is -3.00. The Morgan fingerprint density at radius 2 is 2.27 bits per heavy atom. The number of carbonyl (C=O) groups is 1. The van der Waals surface area contributed by atoms with Gasteiger partial charge in [-0.25, -0.2) is 4.79 Å². The summed E-state index contributed by atoms with van der Waals surface area (Å²) in [6.07, 6.45) is 2.57. The lowest BCUT2D eigenvalue weighted by Crippen LogP contribution is -2.47. The molecule has 22 heavy (non-hydrogen) atoms. The summed E-state index contributed by atoms with van der Waals surface area (Å²) in [6.45, 7) is -2.55. The van der Waals surface area contributed by atoms with Crippen molar-refractivity contribution < 1.29 is 23.4 Å². The largest absolute Gasteiger partial charge is 0.433 e. The van der Waals surface area contributed by atoms with Crippen LogP contribution < -0.4 is 10.1 Å². The molecule has 122 valence electrons. The van der Waals surface area contributed by atoms with Crippen molar-refractivity contribution >= 4 is 23.3 Å². The first-order valence-electron chi connectivity index (χ1n) is 6.94. The molecule has 0 radical (unpaired) electrons. The maximum absolute atomic E-state index is 12.3. The number of anilines is 1. The van der Waals surface area contributed by atoms with Crippen LogP contribution in [0.25, 0.3) is 0 Å². The molecule has 1 atom stereocenters. The number of aliphatic hydroxyl groups is 1. The van der Waals surface area contributed by atoms with Gasteiger partial charge in [0.1, 0.15) is 5.75 Å². The SMILES string of the molecule is O=C(Nc1ccc(Cl)c(OC(F)F)c1)N1CCCCC1CO. The number of carbonyl (C=O) groups excluding carboxylic acids is 1. The molecule has 1 unspecified atom stereocenters. The predicted octanol–water partition coefficient (Wildman–Crippen LogP) is 3.32. The maximum Gasteiger partial charge on any atom is 0.387 e. The van der Waals surface area contributed by atoms with Crippen molar-refractivity contribution in [2.24, 2.45) is 0 Å². The number of ether oxygens (including phenoxy) is 1. The summed E-state index contributed by atoms with van der Waals surface area (Å²) in [5, 5.41) is 12.0. The highest BCUT2D eigenvalue weighted by Crippen LogP contribution is 2.29. The van der Waals surface area contributed by atoms with E-state index in [1.807, 2.05) is 0 Å². The molecule has 1 fully saturated rings. The zero-order chi connectivity index (χ0) is 16.1. The van der Waals surface area contributed by atoms with Gasteiger partial charge in [-0.15, -0.1) is 0 Å². The average molecular weight is 335 g/mol. The van der Waals surface area contributed by atoms with Gasteiger partial charge >= 0.3 is 12.6 Å². The van der Waals surface area contributed by atoms with E-state index in [0.717, 1.165) is 19.3 Å². The molecule has 0 spiro atoms. The first-order chi connectivity index (χ1) is 10.5. The second kappa shape index (κ2) is 7.60. The smallest absolute Gasteiger partial charge is 0.387 e. The van der Waals surface area contributed by atoms with Gasteiger partial charge < -0.3 is 20.1 Å². The Morgan fingerprint density at radius 1 is 1.50 bits per heavy atom. The van der Waals surface area contributed by atoms with Crippen LogP contribution in [0.15, 0.2) is 18.2 Å². The Morgan fingerprint density at radius 3 is 2.95 bits per heavy atom. The summed E-state index contributed by atoms with van der Waals surface area (Å²) < 4.78 is 28.8. The van der Waals surface area contributed by atoms with Gasteiger partial charge in [-0.2, -0.15) is 8.78 Å². The van der Waals surface area contributed by atoms with E-state index < -0.39 is 6.61 Å². The number of aliphatic hydroxyl groups excluding tert-OH is 1. The maximum atomic E-state index is 12.3. The number of piperidine rings is 1. The molecule has 2 amide bonds. The number of likely N-dealkylation sites (tertiary alicyclic amines) is 1. The molecule has 0 saturated carbocycles. The van der Waals surface area contributed by atoms with Gasteiger partial charge in [0.15, 0.2) is 0 Å². The second-order valence-electron chi connectivity index (χ2n) is 4.98. The van der Waals surface area contributed by atoms with Crippen molar-refractivity contribution in [3.63, 3.8) is 0 Å². The molecular formula is C14H17ClF2N2O3. The molecule has 8 heteroatoms. The van der Waals surface area contributed by atoms with Crippen LogP contribution in [0.1, 0.15) is 19.3 Å². The third-order valence-corrected chi connectivity index (χ3v) is 3.81. The lowest BCUT2D eigenvalue weighted by Gasteiger charge is -2.34. The Balaban J connectivity index is 2.07. The number of nitrogens with one attached hydrogen (secondary N) is 1. The number of benzene rings is 1. The van der Waals surface area contributed by atoms with E-state index in [1.54, 1.807) is 4.90 Å². The molecule has 1 aromatic rings. The van der Waals surface area contributed by atoms with E-state index in [4.69, 9.17) is 11.6 Å². The quantitative estimate of drug-likeness (QED) is 0.888. The zero-order valence-corrected chi connectivity index (χ0v) is 12.5. The van der Waals surface area contributed by atoms with Crippen LogP contribution >= 0.6 is 11.6 Å². The number of amides is 2. The number of urea groups is 1. The molecule has 1 aliphatic heterocycles. The van der Waals surface area contributed by atoms with Crippen molar-refractivity contribution in [1.82, 2.24) is 4.90 Å². The highest BCUT2D eigenvalue weighted by atomic mass is 35.5. The number of rotatable bonds is 4. The molecule has 1 aliphatic rings. The molecule has 2 rings (SSSR count). The number of halogens is 3. The van der Waals surface area contributed by atoms with Crippen molar-refractivity contribution in [2.45, 2.75) is 31.9 Å². The Hall–Kier alpha value is -1.60. The summed E-state index contributed by atoms with van der Waals surface area (Å²) in [5.41, 5.74) is 0.298. The minimum Gasteiger partial charge on any atom is -0.433 e. The fourth-order valence-electron chi connectivity index (χ4n) is 2.42. The standard InChI is InChI=1S/C14H17ClF2N2O3/c15-11-5-4-9(7-12(11)22-13(16)17)18-14(21)19-6-2-1-3-10(19)8-20/h4-5,7,10,13,20H,1-3,6,8H2,(H,18,21). The number of hydrogen-bond acceptors (Lipinski definition) is 3. The van der Waals surface area contributed by atoms with E-state index in [2.05, 4.69) is 10.1 Å². The number of alkyl halides is 2. The van der Waals surface area contributed by atoms with E-state index in [0.29, 0.717) is 12.2 Å². The minimum absolute atomic E-state index is 0.0320. The summed E-state index contributed by atoms with van der Waals surface area (Å²) in [5.74, 6) is -0.202.